The van der Waals surface area contributed by atoms with Crippen LogP contribution in [0.1, 0.15) is 33.3 Å². The smallest absolute Gasteiger partial charge is 0.363 e. The zero-order chi connectivity index (χ0) is 14.8. The van der Waals surface area contributed by atoms with Gasteiger partial charge in [-0.15, -0.1) is 0 Å². The monoisotopic (exact) mass is 273 g/mol. The van der Waals surface area contributed by atoms with Crippen molar-refractivity contribution in [2.45, 2.75) is 27.7 Å². The highest BCUT2D eigenvalue weighted by Crippen LogP contribution is 2.27. The number of hydrogen-bond acceptors (Lipinski definition) is 4. The van der Waals surface area contributed by atoms with Crippen LogP contribution in [0.3, 0.4) is 0 Å². The normalized spacial score (nSPS) is 17.1. The fraction of sp³-hybridized carbons (Fsp3) is 0.375. The quantitative estimate of drug-likeness (QED) is 0.626. The van der Waals surface area contributed by atoms with Crippen LogP contribution >= 0.6 is 0 Å². The molecule has 0 saturated carbocycles. The van der Waals surface area contributed by atoms with Crippen molar-refractivity contribution >= 4 is 17.9 Å². The van der Waals surface area contributed by atoms with Crippen LogP contribution in [0.15, 0.2) is 35.0 Å². The predicted molar refractivity (Wildman–Crippen MR) is 78.6 cm³/mol. The highest BCUT2D eigenvalue weighted by atomic mass is 16.6. The number of benzene rings is 1. The van der Waals surface area contributed by atoms with Gasteiger partial charge in [-0.1, -0.05) is 39.0 Å². The van der Waals surface area contributed by atoms with E-state index < -0.39 is 5.97 Å². The summed E-state index contributed by atoms with van der Waals surface area (Å²) in [4.78, 5) is 16.1. The van der Waals surface area contributed by atoms with Gasteiger partial charge in [0.25, 0.3) is 0 Å². The molecule has 20 heavy (non-hydrogen) atoms. The van der Waals surface area contributed by atoms with Crippen molar-refractivity contribution in [1.82, 2.24) is 0 Å². The van der Waals surface area contributed by atoms with Gasteiger partial charge in [-0.2, -0.15) is 0 Å². The number of cyclic esters (lactones) is 1. The van der Waals surface area contributed by atoms with E-state index in [2.05, 4.69) is 4.99 Å². The average molecular weight is 273 g/mol. The molecular formula is C16H19NO3. The summed E-state index contributed by atoms with van der Waals surface area (Å²) in [6.07, 6.45) is 1.70. The molecule has 0 N–H and O–H groups in total. The van der Waals surface area contributed by atoms with Gasteiger partial charge < -0.3 is 9.47 Å². The molecule has 0 aromatic heterocycles. The van der Waals surface area contributed by atoms with Gasteiger partial charge in [0.2, 0.25) is 5.90 Å². The molecule has 1 aliphatic heterocycles. The van der Waals surface area contributed by atoms with Gasteiger partial charge in [-0.05, 0) is 19.1 Å². The number of carbonyl (C=O) groups is 1. The maximum atomic E-state index is 11.9. The third-order valence-corrected chi connectivity index (χ3v) is 2.77. The number of carbonyl (C=O) groups excluding carboxylic acids is 1. The Bertz CT molecular complexity index is 580. The standard InChI is InChI=1S/C16H19NO3/c1-5-19-13-9-7-6-8-11(13)10-12-14(18)20-15(17-12)16(2,3)4/h6-10H,5H2,1-4H3/b12-10-. The summed E-state index contributed by atoms with van der Waals surface area (Å²) in [6, 6.07) is 7.54. The molecule has 0 fully saturated rings. The topological polar surface area (TPSA) is 47.9 Å². The summed E-state index contributed by atoms with van der Waals surface area (Å²) in [6.45, 7) is 8.35. The van der Waals surface area contributed by atoms with E-state index in [1.165, 1.54) is 0 Å². The average Bonchev–Trinajstić information content (AvgIpc) is 2.74. The van der Waals surface area contributed by atoms with Crippen LogP contribution in [-0.4, -0.2) is 18.5 Å². The number of aliphatic imine (C=N–C) groups is 1. The predicted octanol–water partition coefficient (Wildman–Crippen LogP) is 3.43. The van der Waals surface area contributed by atoms with Gasteiger partial charge in [-0.25, -0.2) is 9.79 Å². The molecule has 0 radical (unpaired) electrons. The number of para-hydroxylation sites is 1. The van der Waals surface area contributed by atoms with Crippen LogP contribution in [0.25, 0.3) is 6.08 Å². The second-order valence-electron chi connectivity index (χ2n) is 5.56. The Hall–Kier alpha value is -2.10. The Morgan fingerprint density at radius 2 is 2.00 bits per heavy atom. The van der Waals surface area contributed by atoms with Crippen molar-refractivity contribution in [3.05, 3.63) is 35.5 Å². The van der Waals surface area contributed by atoms with Gasteiger partial charge in [0.15, 0.2) is 5.70 Å². The van der Waals surface area contributed by atoms with E-state index in [0.717, 1.165) is 11.3 Å². The zero-order valence-corrected chi connectivity index (χ0v) is 12.3. The minimum Gasteiger partial charge on any atom is -0.493 e. The van der Waals surface area contributed by atoms with E-state index in [0.29, 0.717) is 18.2 Å². The molecule has 0 atom stereocenters. The maximum absolute atomic E-state index is 11.9. The van der Waals surface area contributed by atoms with Crippen LogP contribution < -0.4 is 4.74 Å². The third-order valence-electron chi connectivity index (χ3n) is 2.77. The van der Waals surface area contributed by atoms with E-state index in [9.17, 15) is 4.79 Å². The molecule has 1 heterocycles. The summed E-state index contributed by atoms with van der Waals surface area (Å²) in [5, 5.41) is 0. The Morgan fingerprint density at radius 1 is 1.30 bits per heavy atom. The number of nitrogens with zero attached hydrogens (tertiary/aromatic N) is 1. The van der Waals surface area contributed by atoms with Crippen molar-refractivity contribution < 1.29 is 14.3 Å². The Labute approximate surface area is 119 Å². The zero-order valence-electron chi connectivity index (χ0n) is 12.3. The number of ether oxygens (including phenoxy) is 2. The van der Waals surface area contributed by atoms with E-state index in [-0.39, 0.29) is 5.41 Å². The lowest BCUT2D eigenvalue weighted by Crippen LogP contribution is -2.21. The van der Waals surface area contributed by atoms with Crippen LogP contribution in [0.4, 0.5) is 0 Å². The molecule has 0 aliphatic carbocycles. The van der Waals surface area contributed by atoms with Crippen LogP contribution in [-0.2, 0) is 9.53 Å². The molecule has 2 rings (SSSR count). The highest BCUT2D eigenvalue weighted by molar-refractivity contribution is 6.08. The van der Waals surface area contributed by atoms with E-state index in [4.69, 9.17) is 9.47 Å². The fourth-order valence-corrected chi connectivity index (χ4v) is 1.76. The summed E-state index contributed by atoms with van der Waals surface area (Å²) in [5.74, 6) is 0.763. The maximum Gasteiger partial charge on any atom is 0.363 e. The van der Waals surface area contributed by atoms with E-state index >= 15 is 0 Å². The second-order valence-corrected chi connectivity index (χ2v) is 5.56. The first-order valence-corrected chi connectivity index (χ1v) is 6.66. The van der Waals surface area contributed by atoms with Crippen LogP contribution in [0.5, 0.6) is 5.75 Å². The molecule has 4 nitrogen and oxygen atoms in total. The van der Waals surface area contributed by atoms with Gasteiger partial charge in [0, 0.05) is 11.0 Å². The number of esters is 1. The van der Waals surface area contributed by atoms with Gasteiger partial charge in [0.1, 0.15) is 5.75 Å². The largest absolute Gasteiger partial charge is 0.493 e. The summed E-state index contributed by atoms with van der Waals surface area (Å²) in [5.41, 5.74) is 0.840. The molecule has 1 aromatic carbocycles. The van der Waals surface area contributed by atoms with Crippen molar-refractivity contribution in [2.75, 3.05) is 6.61 Å². The first-order chi connectivity index (χ1) is 9.41. The van der Waals surface area contributed by atoms with Gasteiger partial charge in [0.05, 0.1) is 6.61 Å². The Morgan fingerprint density at radius 3 is 2.60 bits per heavy atom. The molecule has 0 saturated heterocycles. The van der Waals surface area contributed by atoms with E-state index in [1.807, 2.05) is 52.0 Å². The molecular weight excluding hydrogens is 254 g/mol. The summed E-state index contributed by atoms with van der Waals surface area (Å²) < 4.78 is 10.7. The Kier molecular flexibility index (Phi) is 3.93. The highest BCUT2D eigenvalue weighted by Gasteiger charge is 2.31. The molecule has 0 amide bonds. The van der Waals surface area contributed by atoms with Crippen molar-refractivity contribution in [3.8, 4) is 5.75 Å². The molecule has 0 unspecified atom stereocenters. The fourth-order valence-electron chi connectivity index (χ4n) is 1.76. The van der Waals surface area contributed by atoms with Gasteiger partial charge >= 0.3 is 5.97 Å². The number of hydrogen-bond donors (Lipinski definition) is 0. The van der Waals surface area contributed by atoms with Crippen LogP contribution in [0.2, 0.25) is 0 Å². The second kappa shape index (κ2) is 5.49. The minimum absolute atomic E-state index is 0.287. The summed E-state index contributed by atoms with van der Waals surface area (Å²) in [7, 11) is 0. The lowest BCUT2D eigenvalue weighted by atomic mass is 9.97. The van der Waals surface area contributed by atoms with Crippen molar-refractivity contribution in [2.24, 2.45) is 10.4 Å². The van der Waals surface area contributed by atoms with Gasteiger partial charge in [-0.3, -0.25) is 0 Å². The van der Waals surface area contributed by atoms with Crippen molar-refractivity contribution in [3.63, 3.8) is 0 Å². The minimum atomic E-state index is -0.416. The molecule has 4 heteroatoms. The van der Waals surface area contributed by atoms with Crippen molar-refractivity contribution in [1.29, 1.82) is 0 Å². The molecule has 0 bridgehead atoms. The van der Waals surface area contributed by atoms with E-state index in [1.54, 1.807) is 6.08 Å². The summed E-state index contributed by atoms with van der Waals surface area (Å²) >= 11 is 0. The molecule has 0 spiro atoms. The van der Waals surface area contributed by atoms with Crippen LogP contribution in [0, 0.1) is 5.41 Å². The number of rotatable bonds is 3. The SMILES string of the molecule is CCOc1ccccc1/C=C1\N=C(C(C)(C)C)OC1=O. The molecule has 1 aromatic rings. The molecule has 1 aliphatic rings. The lowest BCUT2D eigenvalue weighted by molar-refractivity contribution is -0.130. The Balaban J connectivity index is 2.36. The first-order valence-electron chi connectivity index (χ1n) is 6.66. The third kappa shape index (κ3) is 3.07. The first kappa shape index (κ1) is 14.3. The molecule has 106 valence electrons. The lowest BCUT2D eigenvalue weighted by Gasteiger charge is -2.15.